The average Bonchev–Trinajstić information content (AvgIpc) is 3.37. The third kappa shape index (κ3) is 3.77. The lowest BCUT2D eigenvalue weighted by molar-refractivity contribution is 0.102. The third-order valence-corrected chi connectivity index (χ3v) is 5.87. The van der Waals surface area contributed by atoms with Crippen LogP contribution in [0.2, 0.25) is 0 Å². The highest BCUT2D eigenvalue weighted by Crippen LogP contribution is 2.38. The van der Waals surface area contributed by atoms with Crippen LogP contribution in [0.1, 0.15) is 36.0 Å². The number of carbonyl (C=O) groups is 1. The van der Waals surface area contributed by atoms with E-state index in [4.69, 9.17) is 0 Å². The molecule has 1 amide bonds. The Morgan fingerprint density at radius 3 is 2.77 bits per heavy atom. The number of carbonyl (C=O) groups excluding carboxylic acids is 1. The van der Waals surface area contributed by atoms with Crippen molar-refractivity contribution in [3.05, 3.63) is 60.4 Å². The molecule has 1 fully saturated rings. The second kappa shape index (κ2) is 7.70. The van der Waals surface area contributed by atoms with Crippen molar-refractivity contribution in [2.24, 2.45) is 0 Å². The molecular formula is C19H19N5OS. The number of nitrogens with one attached hydrogen (secondary N) is 1. The Morgan fingerprint density at radius 2 is 1.96 bits per heavy atom. The molecule has 1 N–H and O–H groups in total. The average molecular weight is 365 g/mol. The summed E-state index contributed by atoms with van der Waals surface area (Å²) in [7, 11) is 0. The van der Waals surface area contributed by atoms with Gasteiger partial charge in [0.25, 0.3) is 5.91 Å². The summed E-state index contributed by atoms with van der Waals surface area (Å²) in [5.41, 5.74) is 2.18. The number of rotatable bonds is 5. The van der Waals surface area contributed by atoms with Crippen LogP contribution < -0.4 is 5.32 Å². The topological polar surface area (TPSA) is 72.7 Å². The minimum absolute atomic E-state index is 0.139. The van der Waals surface area contributed by atoms with E-state index in [1.54, 1.807) is 12.1 Å². The van der Waals surface area contributed by atoms with Gasteiger partial charge in [-0.15, -0.1) is 16.9 Å². The fourth-order valence-corrected chi connectivity index (χ4v) is 4.45. The first-order chi connectivity index (χ1) is 12.8. The zero-order chi connectivity index (χ0) is 17.8. The molecule has 0 saturated heterocycles. The van der Waals surface area contributed by atoms with Gasteiger partial charge in [-0.2, -0.15) is 0 Å². The molecule has 1 aromatic heterocycles. The first-order valence-corrected chi connectivity index (χ1v) is 9.58. The van der Waals surface area contributed by atoms with Gasteiger partial charge in [-0.25, -0.2) is 4.68 Å². The molecule has 3 aromatic rings. The molecule has 2 aromatic carbocycles. The highest BCUT2D eigenvalue weighted by atomic mass is 32.2. The highest BCUT2D eigenvalue weighted by Gasteiger charge is 2.18. The summed E-state index contributed by atoms with van der Waals surface area (Å²) in [4.78, 5) is 13.9. The van der Waals surface area contributed by atoms with Crippen LogP contribution in [0.25, 0.3) is 5.69 Å². The summed E-state index contributed by atoms with van der Waals surface area (Å²) in [6.45, 7) is 0. The smallest absolute Gasteiger partial charge is 0.255 e. The van der Waals surface area contributed by atoms with Gasteiger partial charge in [-0.1, -0.05) is 31.0 Å². The van der Waals surface area contributed by atoms with E-state index in [-0.39, 0.29) is 5.91 Å². The van der Waals surface area contributed by atoms with Crippen LogP contribution in [-0.4, -0.2) is 31.4 Å². The molecule has 132 valence electrons. The van der Waals surface area contributed by atoms with Crippen LogP contribution >= 0.6 is 11.8 Å². The Hall–Kier alpha value is -2.67. The minimum Gasteiger partial charge on any atom is -0.321 e. The van der Waals surface area contributed by atoms with Gasteiger partial charge in [0, 0.05) is 15.7 Å². The Balaban J connectivity index is 1.52. The van der Waals surface area contributed by atoms with Gasteiger partial charge in [0.1, 0.15) is 6.33 Å². The van der Waals surface area contributed by atoms with Gasteiger partial charge in [0.2, 0.25) is 0 Å². The van der Waals surface area contributed by atoms with Crippen LogP contribution in [-0.2, 0) is 0 Å². The summed E-state index contributed by atoms with van der Waals surface area (Å²) in [5.74, 6) is -0.139. The lowest BCUT2D eigenvalue weighted by atomic mass is 10.2. The number of hydrogen-bond donors (Lipinski definition) is 1. The number of hydrogen-bond acceptors (Lipinski definition) is 5. The van der Waals surface area contributed by atoms with Gasteiger partial charge < -0.3 is 5.32 Å². The Morgan fingerprint density at radius 1 is 1.12 bits per heavy atom. The van der Waals surface area contributed by atoms with E-state index in [0.29, 0.717) is 10.8 Å². The van der Waals surface area contributed by atoms with Crippen molar-refractivity contribution in [3.63, 3.8) is 0 Å². The van der Waals surface area contributed by atoms with E-state index < -0.39 is 0 Å². The van der Waals surface area contributed by atoms with E-state index in [0.717, 1.165) is 16.3 Å². The molecule has 6 nitrogen and oxygen atoms in total. The van der Waals surface area contributed by atoms with Gasteiger partial charge in [-0.3, -0.25) is 4.79 Å². The molecule has 0 atom stereocenters. The van der Waals surface area contributed by atoms with Crippen molar-refractivity contribution >= 4 is 23.4 Å². The van der Waals surface area contributed by atoms with Crippen LogP contribution in [0.3, 0.4) is 0 Å². The fourth-order valence-electron chi connectivity index (χ4n) is 3.12. The molecule has 1 saturated carbocycles. The van der Waals surface area contributed by atoms with E-state index in [9.17, 15) is 4.79 Å². The number of nitrogens with zero attached hydrogens (tertiary/aromatic N) is 4. The molecule has 7 heteroatoms. The van der Waals surface area contributed by atoms with Crippen molar-refractivity contribution < 1.29 is 4.79 Å². The number of tetrazole rings is 1. The molecule has 4 rings (SSSR count). The molecule has 0 spiro atoms. The van der Waals surface area contributed by atoms with E-state index in [1.165, 1.54) is 36.7 Å². The van der Waals surface area contributed by atoms with Crippen LogP contribution in [0, 0.1) is 0 Å². The number of para-hydroxylation sites is 1. The first-order valence-electron chi connectivity index (χ1n) is 8.70. The Labute approximate surface area is 156 Å². The van der Waals surface area contributed by atoms with Gasteiger partial charge in [-0.05, 0) is 53.6 Å². The van der Waals surface area contributed by atoms with Gasteiger partial charge in [0.15, 0.2) is 0 Å². The van der Waals surface area contributed by atoms with E-state index >= 15 is 0 Å². The van der Waals surface area contributed by atoms with Crippen molar-refractivity contribution in [1.82, 2.24) is 20.2 Å². The maximum atomic E-state index is 12.7. The molecule has 26 heavy (non-hydrogen) atoms. The van der Waals surface area contributed by atoms with Crippen molar-refractivity contribution in [1.29, 1.82) is 0 Å². The van der Waals surface area contributed by atoms with Gasteiger partial charge >= 0.3 is 0 Å². The second-order valence-corrected chi connectivity index (χ2v) is 7.62. The highest BCUT2D eigenvalue weighted by molar-refractivity contribution is 8.00. The molecule has 1 heterocycles. The molecule has 1 aliphatic carbocycles. The quantitative estimate of drug-likeness (QED) is 0.741. The van der Waals surface area contributed by atoms with E-state index in [2.05, 4.69) is 26.9 Å². The third-order valence-electron chi connectivity index (χ3n) is 4.45. The molecular weight excluding hydrogens is 346 g/mol. The summed E-state index contributed by atoms with van der Waals surface area (Å²) in [5, 5.41) is 14.8. The van der Waals surface area contributed by atoms with Crippen molar-refractivity contribution in [2.45, 2.75) is 35.8 Å². The molecule has 0 unspecified atom stereocenters. The minimum atomic E-state index is -0.139. The van der Waals surface area contributed by atoms with Crippen LogP contribution in [0.15, 0.2) is 59.8 Å². The SMILES string of the molecule is O=C(Nc1ccccc1SC1CCCC1)c1cccc(-n2cnnn2)c1. The monoisotopic (exact) mass is 365 g/mol. The molecule has 1 aliphatic rings. The largest absolute Gasteiger partial charge is 0.321 e. The number of anilines is 1. The number of aromatic nitrogens is 4. The fraction of sp³-hybridized carbons (Fsp3) is 0.263. The summed E-state index contributed by atoms with van der Waals surface area (Å²) < 4.78 is 1.53. The normalized spacial score (nSPS) is 14.5. The summed E-state index contributed by atoms with van der Waals surface area (Å²) in [6.07, 6.45) is 6.61. The van der Waals surface area contributed by atoms with Crippen molar-refractivity contribution in [3.8, 4) is 5.69 Å². The van der Waals surface area contributed by atoms with Crippen LogP contribution in [0.5, 0.6) is 0 Å². The van der Waals surface area contributed by atoms with E-state index in [1.807, 2.05) is 42.1 Å². The zero-order valence-electron chi connectivity index (χ0n) is 14.2. The Kier molecular flexibility index (Phi) is 4.97. The lowest BCUT2D eigenvalue weighted by Crippen LogP contribution is -2.13. The standard InChI is InChI=1S/C19H19N5OS/c25-19(14-6-5-7-15(12-14)24-13-20-22-23-24)21-17-10-3-4-11-18(17)26-16-8-1-2-9-16/h3-7,10-13,16H,1-2,8-9H2,(H,21,25). The van der Waals surface area contributed by atoms with Crippen LogP contribution in [0.4, 0.5) is 5.69 Å². The first kappa shape index (κ1) is 16.8. The number of thioether (sulfide) groups is 1. The van der Waals surface area contributed by atoms with Crippen molar-refractivity contribution in [2.75, 3.05) is 5.32 Å². The number of benzene rings is 2. The maximum Gasteiger partial charge on any atom is 0.255 e. The zero-order valence-corrected chi connectivity index (χ0v) is 15.0. The second-order valence-electron chi connectivity index (χ2n) is 6.28. The van der Waals surface area contributed by atoms with Gasteiger partial charge in [0.05, 0.1) is 11.4 Å². The lowest BCUT2D eigenvalue weighted by Gasteiger charge is -2.14. The molecule has 0 bridgehead atoms. The molecule has 0 aliphatic heterocycles. The maximum absolute atomic E-state index is 12.7. The summed E-state index contributed by atoms with van der Waals surface area (Å²) in [6, 6.07) is 15.3. The Bertz CT molecular complexity index is 890. The molecule has 0 radical (unpaired) electrons. The number of amides is 1. The predicted molar refractivity (Wildman–Crippen MR) is 102 cm³/mol. The summed E-state index contributed by atoms with van der Waals surface area (Å²) >= 11 is 1.87. The predicted octanol–water partition coefficient (Wildman–Crippen LogP) is 3.95.